The Bertz CT molecular complexity index is 2190. The molecule has 3 heterocycles. The number of nitrogens with zero attached hydrogens (tertiary/aromatic N) is 3. The van der Waals surface area contributed by atoms with Crippen molar-refractivity contribution in [3.63, 3.8) is 0 Å². The molecule has 0 unspecified atom stereocenters. The second kappa shape index (κ2) is 23.8. The van der Waals surface area contributed by atoms with Crippen molar-refractivity contribution < 1.29 is 62.7 Å². The molecule has 5 rings (SSSR count). The summed E-state index contributed by atoms with van der Waals surface area (Å²) in [6, 6.07) is 2.28. The van der Waals surface area contributed by atoms with Crippen LogP contribution >= 0.6 is 23.4 Å². The van der Waals surface area contributed by atoms with Crippen LogP contribution in [0.5, 0.6) is 5.75 Å². The molecule has 2 saturated heterocycles. The molecule has 4 aliphatic rings. The summed E-state index contributed by atoms with van der Waals surface area (Å²) in [6.07, 6.45) is 3.39. The lowest BCUT2D eigenvalue weighted by molar-refractivity contribution is -0.186. The Hall–Kier alpha value is -4.49. The molecule has 1 aromatic carbocycles. The Morgan fingerprint density at radius 2 is 1.70 bits per heavy atom. The van der Waals surface area contributed by atoms with Gasteiger partial charge in [-0.25, -0.2) is 9.59 Å². The van der Waals surface area contributed by atoms with Crippen LogP contribution in [0.25, 0.3) is 0 Å². The Labute approximate surface area is 421 Å². The van der Waals surface area contributed by atoms with E-state index in [1.165, 1.54) is 68.6 Å². The number of Topliss-reactive ketones (excluding diaryl/α,β-unsaturated/α-hetero) is 1. The van der Waals surface area contributed by atoms with Crippen LogP contribution in [0.2, 0.25) is 5.02 Å². The van der Waals surface area contributed by atoms with E-state index in [1.54, 1.807) is 38.1 Å². The monoisotopic (exact) mass is 1020 g/mol. The maximum Gasteiger partial charge on any atom is 0.409 e. The molecule has 1 saturated carbocycles. The fraction of sp³-hybridized carbons (Fsp3) is 0.667. The highest BCUT2D eigenvalue weighted by molar-refractivity contribution is 8.00. The predicted molar refractivity (Wildman–Crippen MR) is 265 cm³/mol. The SMILES string of the molecule is COc1cc2cc(c1Cl)N(C)C(=O)C[C@H](OC(=O)[C@H](C)N(C)C(=O)CCS[C@H]1CC(=O)N(CC3CCC(C(=O)C(C)C)CC3)C1=O)[C@](C)(O)[C@@H](C)[C@H](C)[C@@H]1C[C@@](O)(NC(=O)O1)[C@H](OC)/C=C/C=C(\C)C2. The van der Waals surface area contributed by atoms with Gasteiger partial charge in [0.2, 0.25) is 23.6 Å². The summed E-state index contributed by atoms with van der Waals surface area (Å²) in [6.45, 7) is 12.3. The highest BCUT2D eigenvalue weighted by atomic mass is 35.5. The van der Waals surface area contributed by atoms with Gasteiger partial charge in [0.25, 0.3) is 0 Å². The van der Waals surface area contributed by atoms with Crippen molar-refractivity contribution in [2.24, 2.45) is 29.6 Å². The standard InChI is InChI=1S/C51H73ClN4O13S/c1-28(2)46(60)35-17-15-33(16-18-35)27-56-44(59)24-39(47(56)61)70-20-19-42(57)54(8)32(6)48(62)69-41-25-43(58)55(9)36-22-34(23-37(66-10)45(36)52)21-29(3)13-12-14-40(67-11)51(65)26-38(68-49(63)53-51)30(4)31(5)50(41,7)64/h12-14,22-23,28,30-33,35,38-41,64-65H,15-21,24-27H2,1-11H3,(H,53,63)/b14-12+,29-13+/t30-,31-,32-,33?,35?,38-,39-,40+,41-,50+,51-/m0/s1. The molecule has 1 aromatic rings. The summed E-state index contributed by atoms with van der Waals surface area (Å²) in [5.41, 5.74) is -2.01. The third-order valence-electron chi connectivity index (χ3n) is 15.0. The van der Waals surface area contributed by atoms with Crippen LogP contribution in [0.1, 0.15) is 105 Å². The lowest BCUT2D eigenvalue weighted by Crippen LogP contribution is -2.64. The van der Waals surface area contributed by atoms with Crippen molar-refractivity contribution in [2.45, 2.75) is 147 Å². The number of halogens is 1. The van der Waals surface area contributed by atoms with E-state index in [1.807, 2.05) is 26.8 Å². The molecule has 3 fully saturated rings. The number of carbonyl (C=O) groups is 7. The quantitative estimate of drug-likeness (QED) is 0.152. The van der Waals surface area contributed by atoms with E-state index in [0.717, 1.165) is 36.8 Å². The average molecular weight is 1020 g/mol. The summed E-state index contributed by atoms with van der Waals surface area (Å²) < 4.78 is 23.0. The van der Waals surface area contributed by atoms with Gasteiger partial charge in [0.15, 0.2) is 5.72 Å². The Morgan fingerprint density at radius 3 is 2.33 bits per heavy atom. The largest absolute Gasteiger partial charge is 0.495 e. The minimum atomic E-state index is -2.00. The molecule has 0 spiro atoms. The van der Waals surface area contributed by atoms with Crippen molar-refractivity contribution in [3.8, 4) is 5.75 Å². The number of carbonyl (C=O) groups excluding carboxylic acids is 7. The number of benzene rings is 1. The van der Waals surface area contributed by atoms with Gasteiger partial charge >= 0.3 is 12.1 Å². The number of thioether (sulfide) groups is 1. The maximum absolute atomic E-state index is 14.4. The number of nitrogens with one attached hydrogen (secondary N) is 1. The van der Waals surface area contributed by atoms with E-state index in [0.29, 0.717) is 24.4 Å². The molecule has 388 valence electrons. The van der Waals surface area contributed by atoms with Crippen molar-refractivity contribution in [1.82, 2.24) is 15.1 Å². The zero-order valence-electron chi connectivity index (χ0n) is 42.5. The van der Waals surface area contributed by atoms with Gasteiger partial charge in [0.05, 0.1) is 24.5 Å². The number of hydrogen-bond acceptors (Lipinski definition) is 14. The zero-order chi connectivity index (χ0) is 52.0. The highest BCUT2D eigenvalue weighted by Gasteiger charge is 2.51. The van der Waals surface area contributed by atoms with E-state index in [4.69, 9.17) is 30.5 Å². The topological polar surface area (TPSA) is 219 Å². The molecule has 1 aliphatic carbocycles. The summed E-state index contributed by atoms with van der Waals surface area (Å²) in [4.78, 5) is 97.8. The Balaban J connectivity index is 1.32. The van der Waals surface area contributed by atoms with Crippen LogP contribution in [-0.2, 0) is 49.4 Å². The number of methoxy groups -OCH3 is 2. The number of anilines is 1. The zero-order valence-corrected chi connectivity index (χ0v) is 44.0. The van der Waals surface area contributed by atoms with Crippen LogP contribution in [0.15, 0.2) is 35.9 Å². The summed E-state index contributed by atoms with van der Waals surface area (Å²) in [5.74, 6) is -3.17. The third-order valence-corrected chi connectivity index (χ3v) is 16.6. The number of ether oxygens (including phenoxy) is 4. The number of alkyl carbamates (subject to hydrolysis) is 1. The first kappa shape index (κ1) is 56.4. The van der Waals surface area contributed by atoms with Crippen molar-refractivity contribution in [1.29, 1.82) is 0 Å². The van der Waals surface area contributed by atoms with Gasteiger partial charge in [-0.3, -0.25) is 34.2 Å². The number of allylic oxidation sites excluding steroid dienone is 3. The molecule has 70 heavy (non-hydrogen) atoms. The minimum absolute atomic E-state index is 0.0230. The van der Waals surface area contributed by atoms with Crippen LogP contribution in [-0.4, -0.2) is 143 Å². The second-order valence-electron chi connectivity index (χ2n) is 20.1. The molecule has 3 N–H and O–H groups in total. The number of hydrogen-bond donors (Lipinski definition) is 3. The molecule has 19 heteroatoms. The van der Waals surface area contributed by atoms with E-state index < -0.39 is 83.1 Å². The molecule has 0 radical (unpaired) electrons. The number of amides is 5. The van der Waals surface area contributed by atoms with E-state index in [-0.39, 0.29) is 65.4 Å². The van der Waals surface area contributed by atoms with Gasteiger partial charge in [-0.15, -0.1) is 11.8 Å². The lowest BCUT2D eigenvalue weighted by atomic mass is 9.73. The lowest BCUT2D eigenvalue weighted by Gasteiger charge is -2.46. The molecular formula is C51H73ClN4O13S. The Kier molecular flexibility index (Phi) is 19.2. The fourth-order valence-corrected chi connectivity index (χ4v) is 11.3. The first-order valence-electron chi connectivity index (χ1n) is 24.2. The van der Waals surface area contributed by atoms with Crippen LogP contribution in [0.3, 0.4) is 0 Å². The fourth-order valence-electron chi connectivity index (χ4n) is 9.85. The summed E-state index contributed by atoms with van der Waals surface area (Å²) in [7, 11) is 5.78. The van der Waals surface area contributed by atoms with Crippen molar-refractivity contribution >= 4 is 70.5 Å². The summed E-state index contributed by atoms with van der Waals surface area (Å²) in [5, 5.41) is 26.4. The molecule has 0 aromatic heterocycles. The average Bonchev–Trinajstić information content (AvgIpc) is 3.58. The highest BCUT2D eigenvalue weighted by Crippen LogP contribution is 2.41. The smallest absolute Gasteiger partial charge is 0.409 e. The van der Waals surface area contributed by atoms with Gasteiger partial charge in [-0.2, -0.15) is 0 Å². The van der Waals surface area contributed by atoms with Gasteiger partial charge < -0.3 is 39.0 Å². The number of likely N-dealkylation sites (N-methyl/N-ethyl adjacent to an activating group) is 1. The van der Waals surface area contributed by atoms with Gasteiger partial charge in [0.1, 0.15) is 46.5 Å². The molecule has 17 nitrogen and oxygen atoms in total. The third kappa shape index (κ3) is 13.1. The van der Waals surface area contributed by atoms with E-state index in [2.05, 4.69) is 5.32 Å². The number of rotatable bonds is 13. The number of likely N-dealkylation sites (tertiary alicyclic amines) is 1. The summed E-state index contributed by atoms with van der Waals surface area (Å²) >= 11 is 8.02. The number of esters is 1. The number of aliphatic hydroxyl groups is 2. The Morgan fingerprint density at radius 1 is 1.03 bits per heavy atom. The van der Waals surface area contributed by atoms with Gasteiger partial charge in [-0.05, 0) is 88.3 Å². The molecule has 3 aliphatic heterocycles. The minimum Gasteiger partial charge on any atom is -0.495 e. The first-order valence-corrected chi connectivity index (χ1v) is 25.6. The normalized spacial score (nSPS) is 31.8. The van der Waals surface area contributed by atoms with Crippen molar-refractivity contribution in [2.75, 3.05) is 45.5 Å². The molecular weight excluding hydrogens is 944 g/mol. The van der Waals surface area contributed by atoms with Gasteiger partial charge in [-0.1, -0.05) is 63.1 Å². The molecule has 4 bridgehead atoms. The van der Waals surface area contributed by atoms with Crippen LogP contribution in [0, 0.1) is 29.6 Å². The van der Waals surface area contributed by atoms with E-state index >= 15 is 0 Å². The predicted octanol–water partition coefficient (Wildman–Crippen LogP) is 6.03. The number of ketones is 1. The second-order valence-corrected chi connectivity index (χ2v) is 21.8. The number of imide groups is 1. The van der Waals surface area contributed by atoms with Crippen LogP contribution in [0.4, 0.5) is 10.5 Å². The molecule has 9 atom stereocenters. The first-order chi connectivity index (χ1) is 32.8. The van der Waals surface area contributed by atoms with Gasteiger partial charge in [0, 0.05) is 64.6 Å². The van der Waals surface area contributed by atoms with Crippen LogP contribution < -0.4 is 15.0 Å². The molecule has 5 amide bonds. The maximum atomic E-state index is 14.4. The van der Waals surface area contributed by atoms with Crippen molar-refractivity contribution in [3.05, 3.63) is 46.5 Å². The van der Waals surface area contributed by atoms with E-state index in [9.17, 15) is 43.8 Å². The number of fused-ring (bicyclic) bond motifs is 4.